The molecule has 0 aliphatic carbocycles. The first-order chi connectivity index (χ1) is 7.01. The second kappa shape index (κ2) is 5.23. The molecule has 5 heteroatoms. The van der Waals surface area contributed by atoms with Gasteiger partial charge in [-0.05, 0) is 20.3 Å². The summed E-state index contributed by atoms with van der Waals surface area (Å²) in [5, 5.41) is 3.85. The number of aryl methyl sites for hydroxylation is 1. The van der Waals surface area contributed by atoms with Crippen molar-refractivity contribution in [3.05, 3.63) is 11.7 Å². The molecule has 0 saturated heterocycles. The van der Waals surface area contributed by atoms with Crippen LogP contribution in [0.1, 0.15) is 32.0 Å². The summed E-state index contributed by atoms with van der Waals surface area (Å²) in [5.74, 6) is 1.35. The molecule has 0 aliphatic heterocycles. The molecule has 0 aliphatic rings. The van der Waals surface area contributed by atoms with Crippen molar-refractivity contribution in [3.63, 3.8) is 0 Å². The highest BCUT2D eigenvalue weighted by atomic mass is 16.5. The zero-order valence-electron chi connectivity index (χ0n) is 9.62. The zero-order chi connectivity index (χ0) is 11.3. The maximum absolute atomic E-state index is 5.86. The van der Waals surface area contributed by atoms with Crippen molar-refractivity contribution in [2.24, 2.45) is 5.73 Å². The molecule has 1 aromatic heterocycles. The Hall–Kier alpha value is -0.940. The van der Waals surface area contributed by atoms with Gasteiger partial charge in [-0.2, -0.15) is 4.98 Å². The molecule has 0 fully saturated rings. The van der Waals surface area contributed by atoms with Crippen LogP contribution in [-0.4, -0.2) is 29.4 Å². The van der Waals surface area contributed by atoms with Crippen LogP contribution in [0.25, 0.3) is 0 Å². The number of hydrogen-bond donors (Lipinski definition) is 1. The lowest BCUT2D eigenvalue weighted by molar-refractivity contribution is 0.199. The normalized spacial score (nSPS) is 12.0. The average molecular weight is 213 g/mol. The molecule has 5 nitrogen and oxygen atoms in total. The van der Waals surface area contributed by atoms with Gasteiger partial charge < -0.3 is 15.0 Å². The molecule has 2 N–H and O–H groups in total. The van der Waals surface area contributed by atoms with Gasteiger partial charge in [0.2, 0.25) is 5.89 Å². The zero-order valence-corrected chi connectivity index (χ0v) is 9.62. The van der Waals surface area contributed by atoms with E-state index in [4.69, 9.17) is 15.0 Å². The fraction of sp³-hybridized carbons (Fsp3) is 0.800. The van der Waals surface area contributed by atoms with E-state index in [0.717, 1.165) is 12.8 Å². The minimum atomic E-state index is -0.193. The Morgan fingerprint density at radius 1 is 1.40 bits per heavy atom. The van der Waals surface area contributed by atoms with E-state index in [2.05, 4.69) is 10.1 Å². The molecule has 0 saturated carbocycles. The highest BCUT2D eigenvalue weighted by molar-refractivity contribution is 4.88. The van der Waals surface area contributed by atoms with E-state index in [0.29, 0.717) is 24.7 Å². The summed E-state index contributed by atoms with van der Waals surface area (Å²) >= 11 is 0. The predicted molar refractivity (Wildman–Crippen MR) is 56.5 cm³/mol. The maximum Gasteiger partial charge on any atom is 0.226 e. The number of rotatable bonds is 6. The number of nitrogens with two attached hydrogens (primary N) is 1. The molecule has 0 unspecified atom stereocenters. The van der Waals surface area contributed by atoms with Crippen molar-refractivity contribution in [2.45, 2.75) is 38.6 Å². The van der Waals surface area contributed by atoms with E-state index < -0.39 is 0 Å². The van der Waals surface area contributed by atoms with Gasteiger partial charge in [0, 0.05) is 25.5 Å². The van der Waals surface area contributed by atoms with Crippen LogP contribution in [-0.2, 0) is 17.6 Å². The van der Waals surface area contributed by atoms with E-state index in [1.165, 1.54) is 0 Å². The predicted octanol–water partition coefficient (Wildman–Crippen LogP) is 0.928. The Bertz CT molecular complexity index is 291. The summed E-state index contributed by atoms with van der Waals surface area (Å²) < 4.78 is 10.0. The van der Waals surface area contributed by atoms with Crippen molar-refractivity contribution < 1.29 is 9.26 Å². The summed E-state index contributed by atoms with van der Waals surface area (Å²) in [6, 6.07) is 0. The standard InChI is InChI=1S/C10H19N3O2/c1-10(2,11)6-4-9-12-8(13-15-9)5-7-14-3/h4-7,11H2,1-3H3. The Kier molecular flexibility index (Phi) is 4.23. The largest absolute Gasteiger partial charge is 0.384 e. The van der Waals surface area contributed by atoms with Crippen molar-refractivity contribution >= 4 is 0 Å². The molecular weight excluding hydrogens is 194 g/mol. The molecule has 1 rings (SSSR count). The van der Waals surface area contributed by atoms with Gasteiger partial charge in [-0.25, -0.2) is 0 Å². The van der Waals surface area contributed by atoms with Crippen LogP contribution in [0.4, 0.5) is 0 Å². The number of nitrogens with zero attached hydrogens (tertiary/aromatic N) is 2. The van der Waals surface area contributed by atoms with E-state index in [-0.39, 0.29) is 5.54 Å². The van der Waals surface area contributed by atoms with Gasteiger partial charge >= 0.3 is 0 Å². The Balaban J connectivity index is 2.39. The summed E-state index contributed by atoms with van der Waals surface area (Å²) in [6.45, 7) is 4.58. The van der Waals surface area contributed by atoms with Gasteiger partial charge in [0.15, 0.2) is 5.82 Å². The number of methoxy groups -OCH3 is 1. The van der Waals surface area contributed by atoms with Crippen LogP contribution in [0.15, 0.2) is 4.52 Å². The number of ether oxygens (including phenoxy) is 1. The van der Waals surface area contributed by atoms with Crippen LogP contribution >= 0.6 is 0 Å². The highest BCUT2D eigenvalue weighted by Gasteiger charge is 2.13. The van der Waals surface area contributed by atoms with Gasteiger partial charge in [-0.15, -0.1) is 0 Å². The first-order valence-electron chi connectivity index (χ1n) is 5.10. The first-order valence-corrected chi connectivity index (χ1v) is 5.10. The van der Waals surface area contributed by atoms with Gasteiger partial charge in [0.05, 0.1) is 6.61 Å². The van der Waals surface area contributed by atoms with E-state index in [9.17, 15) is 0 Å². The second-order valence-electron chi connectivity index (χ2n) is 4.34. The third-order valence-corrected chi connectivity index (χ3v) is 2.02. The average Bonchev–Trinajstić information content (AvgIpc) is 2.58. The lowest BCUT2D eigenvalue weighted by Gasteiger charge is -2.16. The lowest BCUT2D eigenvalue weighted by atomic mass is 10.0. The van der Waals surface area contributed by atoms with Crippen LogP contribution in [0, 0.1) is 0 Å². The highest BCUT2D eigenvalue weighted by Crippen LogP contribution is 2.09. The summed E-state index contributed by atoms with van der Waals surface area (Å²) in [6.07, 6.45) is 2.24. The van der Waals surface area contributed by atoms with Crippen molar-refractivity contribution in [1.82, 2.24) is 10.1 Å². The summed E-state index contributed by atoms with van der Waals surface area (Å²) in [5.41, 5.74) is 5.67. The number of hydrogen-bond acceptors (Lipinski definition) is 5. The smallest absolute Gasteiger partial charge is 0.226 e. The van der Waals surface area contributed by atoms with Gasteiger partial charge in [0.1, 0.15) is 0 Å². The maximum atomic E-state index is 5.86. The SMILES string of the molecule is COCCc1noc(CCC(C)(C)N)n1. The molecule has 0 spiro atoms. The van der Waals surface area contributed by atoms with Gasteiger partial charge in [-0.3, -0.25) is 0 Å². The van der Waals surface area contributed by atoms with Crippen LogP contribution in [0.5, 0.6) is 0 Å². The summed E-state index contributed by atoms with van der Waals surface area (Å²) in [4.78, 5) is 4.24. The molecule has 0 bridgehead atoms. The van der Waals surface area contributed by atoms with E-state index in [1.807, 2.05) is 13.8 Å². The lowest BCUT2D eigenvalue weighted by Crippen LogP contribution is -2.32. The van der Waals surface area contributed by atoms with E-state index >= 15 is 0 Å². The van der Waals surface area contributed by atoms with Gasteiger partial charge in [0.25, 0.3) is 0 Å². The van der Waals surface area contributed by atoms with Crippen LogP contribution < -0.4 is 5.73 Å². The Morgan fingerprint density at radius 3 is 2.73 bits per heavy atom. The molecular formula is C10H19N3O2. The van der Waals surface area contributed by atoms with Crippen LogP contribution in [0.2, 0.25) is 0 Å². The third-order valence-electron chi connectivity index (χ3n) is 2.02. The molecule has 15 heavy (non-hydrogen) atoms. The Morgan fingerprint density at radius 2 is 2.13 bits per heavy atom. The summed E-state index contributed by atoms with van der Waals surface area (Å²) in [7, 11) is 1.65. The fourth-order valence-electron chi connectivity index (χ4n) is 1.12. The van der Waals surface area contributed by atoms with Crippen molar-refractivity contribution in [3.8, 4) is 0 Å². The quantitative estimate of drug-likeness (QED) is 0.760. The topological polar surface area (TPSA) is 74.2 Å². The minimum absolute atomic E-state index is 0.193. The first kappa shape index (κ1) is 12.1. The molecule has 0 radical (unpaired) electrons. The minimum Gasteiger partial charge on any atom is -0.384 e. The molecule has 86 valence electrons. The van der Waals surface area contributed by atoms with E-state index in [1.54, 1.807) is 7.11 Å². The Labute approximate surface area is 90.0 Å². The number of aromatic nitrogens is 2. The molecule has 0 amide bonds. The molecule has 0 atom stereocenters. The van der Waals surface area contributed by atoms with Crippen molar-refractivity contribution in [1.29, 1.82) is 0 Å². The second-order valence-corrected chi connectivity index (χ2v) is 4.34. The molecule has 1 heterocycles. The van der Waals surface area contributed by atoms with Gasteiger partial charge in [-0.1, -0.05) is 5.16 Å². The fourth-order valence-corrected chi connectivity index (χ4v) is 1.12. The van der Waals surface area contributed by atoms with Crippen LogP contribution in [0.3, 0.4) is 0 Å². The van der Waals surface area contributed by atoms with Crippen molar-refractivity contribution in [2.75, 3.05) is 13.7 Å². The third kappa shape index (κ3) is 4.90. The molecule has 0 aromatic carbocycles. The molecule has 1 aromatic rings. The monoisotopic (exact) mass is 213 g/mol.